The van der Waals surface area contributed by atoms with Crippen LogP contribution in [0.2, 0.25) is 0 Å². The SMILES string of the molecule is COc1ccc(N2C(=O)C(Nc3cc(C)ccc3C)=C(c3ccccc3)C2=O)cc1. The molecule has 0 atom stereocenters. The van der Waals surface area contributed by atoms with E-state index >= 15 is 0 Å². The number of carbonyl (C=O) groups excluding carboxylic acids is 2. The number of hydrogen-bond acceptors (Lipinski definition) is 4. The third kappa shape index (κ3) is 3.46. The van der Waals surface area contributed by atoms with Crippen LogP contribution in [0, 0.1) is 13.8 Å². The zero-order valence-corrected chi connectivity index (χ0v) is 17.1. The zero-order chi connectivity index (χ0) is 21.3. The summed E-state index contributed by atoms with van der Waals surface area (Å²) in [7, 11) is 1.57. The van der Waals surface area contributed by atoms with Gasteiger partial charge in [-0.15, -0.1) is 0 Å². The normalized spacial score (nSPS) is 13.8. The van der Waals surface area contributed by atoms with Crippen LogP contribution >= 0.6 is 0 Å². The number of nitrogens with zero attached hydrogens (tertiary/aromatic N) is 1. The molecule has 0 aliphatic carbocycles. The van der Waals surface area contributed by atoms with Crippen LogP contribution in [0.3, 0.4) is 0 Å². The van der Waals surface area contributed by atoms with E-state index < -0.39 is 0 Å². The van der Waals surface area contributed by atoms with Crippen LogP contribution in [0.15, 0.2) is 78.5 Å². The molecule has 0 spiro atoms. The van der Waals surface area contributed by atoms with Gasteiger partial charge < -0.3 is 10.1 Å². The minimum Gasteiger partial charge on any atom is -0.497 e. The lowest BCUT2D eigenvalue weighted by molar-refractivity contribution is -0.120. The minimum absolute atomic E-state index is 0.274. The van der Waals surface area contributed by atoms with E-state index in [0.29, 0.717) is 22.6 Å². The third-order valence-corrected chi connectivity index (χ3v) is 5.13. The molecular weight excluding hydrogens is 376 g/mol. The van der Waals surface area contributed by atoms with Gasteiger partial charge in [-0.25, -0.2) is 4.90 Å². The summed E-state index contributed by atoms with van der Waals surface area (Å²) in [5, 5.41) is 3.24. The van der Waals surface area contributed by atoms with Gasteiger partial charge in [-0.1, -0.05) is 42.5 Å². The first-order valence-electron chi connectivity index (χ1n) is 9.66. The van der Waals surface area contributed by atoms with Crippen LogP contribution in [0.4, 0.5) is 11.4 Å². The number of carbonyl (C=O) groups is 2. The number of ether oxygens (including phenoxy) is 1. The topological polar surface area (TPSA) is 58.6 Å². The van der Waals surface area contributed by atoms with Crippen LogP contribution in [-0.4, -0.2) is 18.9 Å². The predicted octanol–water partition coefficient (Wildman–Crippen LogP) is 4.71. The first-order valence-corrected chi connectivity index (χ1v) is 9.66. The molecule has 0 radical (unpaired) electrons. The Bertz CT molecular complexity index is 1150. The second kappa shape index (κ2) is 7.87. The van der Waals surface area contributed by atoms with E-state index in [2.05, 4.69) is 5.32 Å². The Labute approximate surface area is 175 Å². The fourth-order valence-corrected chi connectivity index (χ4v) is 3.49. The molecule has 3 aromatic rings. The van der Waals surface area contributed by atoms with Crippen LogP contribution in [0.1, 0.15) is 16.7 Å². The summed E-state index contributed by atoms with van der Waals surface area (Å²) < 4.78 is 5.19. The number of aryl methyl sites for hydroxylation is 2. The molecule has 0 saturated heterocycles. The van der Waals surface area contributed by atoms with Crippen LogP contribution in [0.25, 0.3) is 5.57 Å². The smallest absolute Gasteiger partial charge is 0.282 e. The van der Waals surface area contributed by atoms with Crippen molar-refractivity contribution in [1.29, 1.82) is 0 Å². The van der Waals surface area contributed by atoms with Crippen molar-refractivity contribution in [1.82, 2.24) is 0 Å². The van der Waals surface area contributed by atoms with E-state index in [-0.39, 0.29) is 17.5 Å². The molecule has 4 rings (SSSR count). The molecule has 0 saturated carbocycles. The first kappa shape index (κ1) is 19.5. The van der Waals surface area contributed by atoms with Gasteiger partial charge in [-0.3, -0.25) is 9.59 Å². The van der Waals surface area contributed by atoms with Gasteiger partial charge in [0.15, 0.2) is 0 Å². The largest absolute Gasteiger partial charge is 0.497 e. The fourth-order valence-electron chi connectivity index (χ4n) is 3.49. The lowest BCUT2D eigenvalue weighted by atomic mass is 10.0. The molecule has 0 bridgehead atoms. The third-order valence-electron chi connectivity index (χ3n) is 5.13. The molecule has 2 amide bonds. The van der Waals surface area contributed by atoms with Crippen molar-refractivity contribution in [2.75, 3.05) is 17.3 Å². The van der Waals surface area contributed by atoms with Crippen LogP contribution in [0.5, 0.6) is 5.75 Å². The van der Waals surface area contributed by atoms with E-state index in [4.69, 9.17) is 4.74 Å². The van der Waals surface area contributed by atoms with Crippen LogP contribution in [-0.2, 0) is 9.59 Å². The highest BCUT2D eigenvalue weighted by Crippen LogP contribution is 2.34. The number of anilines is 2. The van der Waals surface area contributed by atoms with E-state index in [1.165, 1.54) is 4.90 Å². The monoisotopic (exact) mass is 398 g/mol. The number of rotatable bonds is 5. The van der Waals surface area contributed by atoms with E-state index in [0.717, 1.165) is 16.8 Å². The number of imide groups is 1. The lowest BCUT2D eigenvalue weighted by Crippen LogP contribution is -2.32. The molecule has 0 fully saturated rings. The highest BCUT2D eigenvalue weighted by Gasteiger charge is 2.40. The summed E-state index contributed by atoms with van der Waals surface area (Å²) in [6.07, 6.45) is 0. The molecule has 1 aliphatic rings. The van der Waals surface area contributed by atoms with Crippen molar-refractivity contribution in [3.8, 4) is 5.75 Å². The minimum atomic E-state index is -0.384. The molecule has 3 aromatic carbocycles. The van der Waals surface area contributed by atoms with E-state index in [1.54, 1.807) is 31.4 Å². The summed E-state index contributed by atoms with van der Waals surface area (Å²) in [6.45, 7) is 3.95. The second-order valence-electron chi connectivity index (χ2n) is 7.20. The molecule has 1 heterocycles. The maximum atomic E-state index is 13.4. The number of methoxy groups -OCH3 is 1. The van der Waals surface area contributed by atoms with E-state index in [1.807, 2.05) is 62.4 Å². The summed E-state index contributed by atoms with van der Waals surface area (Å²) in [6, 6.07) is 22.1. The molecular formula is C25H22N2O3. The maximum absolute atomic E-state index is 13.4. The number of nitrogens with one attached hydrogen (secondary N) is 1. The van der Waals surface area contributed by atoms with Gasteiger partial charge in [-0.05, 0) is 60.9 Å². The summed E-state index contributed by atoms with van der Waals surface area (Å²) in [5.41, 5.74) is 4.68. The number of benzene rings is 3. The van der Waals surface area contributed by atoms with Gasteiger partial charge >= 0.3 is 0 Å². The summed E-state index contributed by atoms with van der Waals surface area (Å²) in [5.74, 6) is -0.0862. The molecule has 0 unspecified atom stereocenters. The van der Waals surface area contributed by atoms with Crippen molar-refractivity contribution < 1.29 is 14.3 Å². The predicted molar refractivity (Wildman–Crippen MR) is 118 cm³/mol. The van der Waals surface area contributed by atoms with Crippen LogP contribution < -0.4 is 15.0 Å². The molecule has 1 aliphatic heterocycles. The molecule has 5 heteroatoms. The zero-order valence-electron chi connectivity index (χ0n) is 17.1. The lowest BCUT2D eigenvalue weighted by Gasteiger charge is -2.16. The molecule has 1 N–H and O–H groups in total. The molecule has 5 nitrogen and oxygen atoms in total. The van der Waals surface area contributed by atoms with Gasteiger partial charge in [0, 0.05) is 5.69 Å². The average Bonchev–Trinajstić information content (AvgIpc) is 3.01. The van der Waals surface area contributed by atoms with Gasteiger partial charge in [0.05, 0.1) is 18.4 Å². The Hall–Kier alpha value is -3.86. The quantitative estimate of drug-likeness (QED) is 0.633. The molecule has 30 heavy (non-hydrogen) atoms. The highest BCUT2D eigenvalue weighted by atomic mass is 16.5. The summed E-state index contributed by atoms with van der Waals surface area (Å²) in [4.78, 5) is 28.0. The highest BCUT2D eigenvalue weighted by molar-refractivity contribution is 6.46. The average molecular weight is 398 g/mol. The molecule has 0 aromatic heterocycles. The van der Waals surface area contributed by atoms with Gasteiger partial charge in [0.25, 0.3) is 11.8 Å². The maximum Gasteiger partial charge on any atom is 0.282 e. The Kier molecular flexibility index (Phi) is 5.11. The Balaban J connectivity index is 1.81. The van der Waals surface area contributed by atoms with Gasteiger partial charge in [0.1, 0.15) is 11.4 Å². The fraction of sp³-hybridized carbons (Fsp3) is 0.120. The Morgan fingerprint density at radius 1 is 0.833 bits per heavy atom. The first-order chi connectivity index (χ1) is 14.5. The van der Waals surface area contributed by atoms with Crippen molar-refractivity contribution in [2.45, 2.75) is 13.8 Å². The van der Waals surface area contributed by atoms with Gasteiger partial charge in [-0.2, -0.15) is 0 Å². The van der Waals surface area contributed by atoms with Gasteiger partial charge in [0.2, 0.25) is 0 Å². The number of hydrogen-bond donors (Lipinski definition) is 1. The second-order valence-corrected chi connectivity index (χ2v) is 7.20. The van der Waals surface area contributed by atoms with E-state index in [9.17, 15) is 9.59 Å². The Morgan fingerprint density at radius 3 is 2.20 bits per heavy atom. The Morgan fingerprint density at radius 2 is 1.53 bits per heavy atom. The van der Waals surface area contributed by atoms with Crippen molar-refractivity contribution in [2.24, 2.45) is 0 Å². The van der Waals surface area contributed by atoms with Crippen molar-refractivity contribution in [3.05, 3.63) is 95.2 Å². The molecule has 150 valence electrons. The van der Waals surface area contributed by atoms with Crippen molar-refractivity contribution in [3.63, 3.8) is 0 Å². The summed E-state index contributed by atoms with van der Waals surface area (Å²) >= 11 is 0. The standard InChI is InChI=1S/C25H22N2O3/c1-16-9-10-17(2)21(15-16)26-23-22(18-7-5-4-6-8-18)24(28)27(25(23)29)19-11-13-20(30-3)14-12-19/h4-15,26H,1-3H3. The van der Waals surface area contributed by atoms with Crippen molar-refractivity contribution >= 4 is 28.8 Å². The number of amides is 2.